The summed E-state index contributed by atoms with van der Waals surface area (Å²) in [7, 11) is 0. The van der Waals surface area contributed by atoms with Gasteiger partial charge in [0, 0.05) is 13.0 Å². The van der Waals surface area contributed by atoms with Crippen molar-refractivity contribution in [3.63, 3.8) is 0 Å². The Morgan fingerprint density at radius 1 is 1.00 bits per heavy atom. The predicted molar refractivity (Wildman–Crippen MR) is 170 cm³/mol. The number of nitrogens with zero attached hydrogens (tertiary/aromatic N) is 2. The van der Waals surface area contributed by atoms with Gasteiger partial charge in [0.2, 0.25) is 12.3 Å². The van der Waals surface area contributed by atoms with E-state index in [1.807, 2.05) is 72.8 Å². The molecule has 1 heterocycles. The Kier molecular flexibility index (Phi) is 10.6. The van der Waals surface area contributed by atoms with E-state index in [4.69, 9.17) is 10.5 Å². The van der Waals surface area contributed by atoms with Gasteiger partial charge in [-0.05, 0) is 62.8 Å². The second-order valence-corrected chi connectivity index (χ2v) is 12.6. The van der Waals surface area contributed by atoms with Crippen LogP contribution >= 0.6 is 0 Å². The van der Waals surface area contributed by atoms with Crippen molar-refractivity contribution in [1.82, 2.24) is 15.1 Å². The summed E-state index contributed by atoms with van der Waals surface area (Å²) in [6.45, 7) is 6.77. The van der Waals surface area contributed by atoms with Gasteiger partial charge in [-0.15, -0.1) is 0 Å². The molecule has 0 saturated carbocycles. The fourth-order valence-electron chi connectivity index (χ4n) is 5.69. The van der Waals surface area contributed by atoms with Crippen molar-refractivity contribution in [2.45, 2.75) is 89.2 Å². The average molecular weight is 617 g/mol. The number of carbonyl (C=O) groups excluding carboxylic acids is 3. The molecule has 3 aromatic rings. The number of benzene rings is 3. The number of nitrogens with two attached hydrogens (primary N) is 1. The van der Waals surface area contributed by atoms with E-state index >= 15 is 0 Å². The highest BCUT2D eigenvalue weighted by Crippen LogP contribution is 2.34. The van der Waals surface area contributed by atoms with E-state index in [9.17, 15) is 24.6 Å². The Labute approximate surface area is 264 Å². The lowest BCUT2D eigenvalue weighted by Gasteiger charge is -2.48. The first-order valence-corrected chi connectivity index (χ1v) is 15.2. The number of carbonyl (C=O) groups is 3. The molecule has 3 amide bonds. The summed E-state index contributed by atoms with van der Waals surface area (Å²) in [5.41, 5.74) is 7.30. The maximum Gasteiger partial charge on any atom is 0.413 e. The van der Waals surface area contributed by atoms with Crippen molar-refractivity contribution in [1.29, 1.82) is 0 Å². The van der Waals surface area contributed by atoms with E-state index in [2.05, 4.69) is 5.32 Å². The zero-order chi connectivity index (χ0) is 32.8. The highest BCUT2D eigenvalue weighted by atomic mass is 16.6. The number of aliphatic hydroxyl groups excluding tert-OH is 2. The van der Waals surface area contributed by atoms with Crippen LogP contribution in [-0.4, -0.2) is 68.1 Å². The quantitative estimate of drug-likeness (QED) is 0.180. The van der Waals surface area contributed by atoms with Crippen LogP contribution in [0.15, 0.2) is 84.9 Å². The van der Waals surface area contributed by atoms with Crippen molar-refractivity contribution in [3.05, 3.63) is 107 Å². The molecule has 240 valence electrons. The van der Waals surface area contributed by atoms with E-state index in [0.29, 0.717) is 18.4 Å². The summed E-state index contributed by atoms with van der Waals surface area (Å²) in [4.78, 5) is 42.8. The Balaban J connectivity index is 1.80. The molecule has 0 aliphatic carbocycles. The topological polar surface area (TPSA) is 145 Å². The molecule has 0 saturated heterocycles. The van der Waals surface area contributed by atoms with Crippen LogP contribution in [0.1, 0.15) is 62.4 Å². The second kappa shape index (κ2) is 14.2. The molecule has 3 aromatic carbocycles. The summed E-state index contributed by atoms with van der Waals surface area (Å²) >= 11 is 0. The molecule has 10 heteroatoms. The number of nitrogens with one attached hydrogen (secondary N) is 1. The van der Waals surface area contributed by atoms with Crippen LogP contribution in [-0.2, 0) is 33.7 Å². The number of aryl methyl sites for hydroxylation is 1. The maximum atomic E-state index is 14.1. The van der Waals surface area contributed by atoms with Crippen molar-refractivity contribution in [3.8, 4) is 0 Å². The third-order valence-electron chi connectivity index (χ3n) is 8.01. The molecule has 10 nitrogen and oxygen atoms in total. The van der Waals surface area contributed by atoms with Gasteiger partial charge in [0.05, 0.1) is 12.2 Å². The van der Waals surface area contributed by atoms with Crippen LogP contribution in [0.2, 0.25) is 0 Å². The highest BCUT2D eigenvalue weighted by molar-refractivity contribution is 5.87. The standard InChI is InChI=1S/C35H44N4O6/c1-24(41)35(36,21-26-15-9-6-10-16-26)39(33(44)45-34(2,3)4)31(29(42)20-19-25-13-7-5-8-14-25)37-32(43)30-28-18-12-11-17-27(28)22-38(30)23-40/h5-18,23-24,29-31,41-42H,19-22,36H2,1-4H3,(H,37,43). The fourth-order valence-corrected chi connectivity index (χ4v) is 5.69. The Bertz CT molecular complexity index is 1450. The minimum atomic E-state index is -1.84. The van der Waals surface area contributed by atoms with Gasteiger partial charge in [0.25, 0.3) is 0 Å². The van der Waals surface area contributed by atoms with Gasteiger partial charge in [0.1, 0.15) is 23.5 Å². The van der Waals surface area contributed by atoms with Crippen LogP contribution in [0.4, 0.5) is 4.79 Å². The lowest BCUT2D eigenvalue weighted by atomic mass is 9.92. The highest BCUT2D eigenvalue weighted by Gasteiger charge is 2.49. The van der Waals surface area contributed by atoms with E-state index in [1.165, 1.54) is 11.8 Å². The molecule has 1 aliphatic heterocycles. The maximum absolute atomic E-state index is 14.1. The molecular formula is C35H44N4O6. The minimum Gasteiger partial charge on any atom is -0.444 e. The number of rotatable bonds is 12. The largest absolute Gasteiger partial charge is 0.444 e. The first kappa shape index (κ1) is 33.6. The third-order valence-corrected chi connectivity index (χ3v) is 8.01. The summed E-state index contributed by atoms with van der Waals surface area (Å²) in [6.07, 6.45) is -3.90. The summed E-state index contributed by atoms with van der Waals surface area (Å²) in [5, 5.41) is 25.9. The van der Waals surface area contributed by atoms with Gasteiger partial charge in [-0.2, -0.15) is 0 Å². The fraction of sp³-hybridized carbons (Fsp3) is 0.400. The Hall–Kier alpha value is -4.25. The second-order valence-electron chi connectivity index (χ2n) is 12.6. The zero-order valence-electron chi connectivity index (χ0n) is 26.3. The number of hydrogen-bond acceptors (Lipinski definition) is 7. The predicted octanol–water partition coefficient (Wildman–Crippen LogP) is 3.65. The molecule has 0 spiro atoms. The zero-order valence-corrected chi connectivity index (χ0v) is 26.3. The molecular weight excluding hydrogens is 572 g/mol. The molecule has 0 radical (unpaired) electrons. The smallest absolute Gasteiger partial charge is 0.413 e. The molecule has 5 atom stereocenters. The van der Waals surface area contributed by atoms with Gasteiger partial charge >= 0.3 is 6.09 Å². The van der Waals surface area contributed by atoms with E-state index in [1.54, 1.807) is 32.9 Å². The van der Waals surface area contributed by atoms with Crippen molar-refractivity contribution < 1.29 is 29.3 Å². The Morgan fingerprint density at radius 2 is 1.58 bits per heavy atom. The monoisotopic (exact) mass is 616 g/mol. The third kappa shape index (κ3) is 8.08. The minimum absolute atomic E-state index is 0.0186. The first-order valence-electron chi connectivity index (χ1n) is 15.2. The molecule has 0 fully saturated rings. The average Bonchev–Trinajstić information content (AvgIpc) is 3.38. The van der Waals surface area contributed by atoms with Gasteiger partial charge in [0.15, 0.2) is 0 Å². The summed E-state index contributed by atoms with van der Waals surface area (Å²) < 4.78 is 5.80. The number of amides is 3. The van der Waals surface area contributed by atoms with E-state index in [-0.39, 0.29) is 19.4 Å². The van der Waals surface area contributed by atoms with E-state index < -0.39 is 47.7 Å². The SMILES string of the molecule is CC(O)C(N)(Cc1ccccc1)N(C(=O)OC(C)(C)C)C(NC(=O)C1c2ccccc2CN1C=O)C(O)CCc1ccccc1. The number of ether oxygens (including phenoxy) is 1. The number of fused-ring (bicyclic) bond motifs is 1. The van der Waals surface area contributed by atoms with Gasteiger partial charge in [-0.3, -0.25) is 14.5 Å². The molecule has 5 unspecified atom stereocenters. The van der Waals surface area contributed by atoms with Crippen LogP contribution in [0.5, 0.6) is 0 Å². The van der Waals surface area contributed by atoms with Crippen LogP contribution in [0.25, 0.3) is 0 Å². The first-order chi connectivity index (χ1) is 21.3. The normalized spacial score (nSPS) is 17.8. The van der Waals surface area contributed by atoms with Gasteiger partial charge in [-0.25, -0.2) is 4.79 Å². The van der Waals surface area contributed by atoms with Crippen LogP contribution in [0.3, 0.4) is 0 Å². The molecule has 5 N–H and O–H groups in total. The van der Waals surface area contributed by atoms with Gasteiger partial charge in [-0.1, -0.05) is 84.9 Å². The van der Waals surface area contributed by atoms with E-state index in [0.717, 1.165) is 21.6 Å². The van der Waals surface area contributed by atoms with Crippen molar-refractivity contribution >= 4 is 18.4 Å². The molecule has 0 bridgehead atoms. The summed E-state index contributed by atoms with van der Waals surface area (Å²) in [5.74, 6) is -0.614. The Morgan fingerprint density at radius 3 is 2.16 bits per heavy atom. The van der Waals surface area contributed by atoms with Crippen LogP contribution in [0, 0.1) is 0 Å². The van der Waals surface area contributed by atoms with Crippen LogP contribution < -0.4 is 11.1 Å². The van der Waals surface area contributed by atoms with Crippen molar-refractivity contribution in [2.24, 2.45) is 5.73 Å². The van der Waals surface area contributed by atoms with Gasteiger partial charge < -0.3 is 30.9 Å². The number of hydrogen-bond donors (Lipinski definition) is 4. The lowest BCUT2D eigenvalue weighted by molar-refractivity contribution is -0.138. The lowest BCUT2D eigenvalue weighted by Crippen LogP contribution is -2.73. The molecule has 4 rings (SSSR count). The molecule has 0 aromatic heterocycles. The summed E-state index contributed by atoms with van der Waals surface area (Å²) in [6, 6.07) is 24.8. The molecule has 45 heavy (non-hydrogen) atoms. The molecule has 1 aliphatic rings. The number of aliphatic hydroxyl groups is 2. The van der Waals surface area contributed by atoms with Crippen molar-refractivity contribution in [2.75, 3.05) is 0 Å².